The largest absolute Gasteiger partial charge is 0.326 e. The van der Waals surface area contributed by atoms with Gasteiger partial charge in [0.05, 0.1) is 5.69 Å². The number of hydrogen-bond acceptors (Lipinski definition) is 6. The number of rotatable bonds is 6. The van der Waals surface area contributed by atoms with Crippen LogP contribution in [-0.4, -0.2) is 30.6 Å². The van der Waals surface area contributed by atoms with Gasteiger partial charge in [0.1, 0.15) is 21.8 Å². The Labute approximate surface area is 177 Å². The molecule has 0 spiro atoms. The van der Waals surface area contributed by atoms with E-state index in [1.54, 1.807) is 6.07 Å². The molecule has 2 aromatic heterocycles. The van der Waals surface area contributed by atoms with E-state index in [9.17, 15) is 4.79 Å². The standard InChI is InChI=1S/C20H19ClN6OS/c1-11(28)22-14-3-2-4-15(9-14)27-19(13-7-8-13)25-26-20(27)29-17-10-16(21)23-18(24-17)12-5-6-12/h2-4,9-10,12-13H,5-8H2,1H3,(H,22,28). The summed E-state index contributed by atoms with van der Waals surface area (Å²) in [6.45, 7) is 1.50. The lowest BCUT2D eigenvalue weighted by molar-refractivity contribution is -0.114. The van der Waals surface area contributed by atoms with E-state index in [2.05, 4.69) is 30.0 Å². The fourth-order valence-electron chi connectivity index (χ4n) is 3.21. The van der Waals surface area contributed by atoms with Gasteiger partial charge in [-0.2, -0.15) is 0 Å². The molecule has 1 aromatic carbocycles. The normalized spacial score (nSPS) is 16.1. The fraction of sp³-hybridized carbons (Fsp3) is 0.350. The van der Waals surface area contributed by atoms with Crippen LogP contribution in [0.25, 0.3) is 5.69 Å². The summed E-state index contributed by atoms with van der Waals surface area (Å²) in [7, 11) is 0. The molecule has 2 saturated carbocycles. The van der Waals surface area contributed by atoms with Gasteiger partial charge in [-0.3, -0.25) is 9.36 Å². The number of carbonyl (C=O) groups excluding carboxylic acids is 1. The van der Waals surface area contributed by atoms with Crippen molar-refractivity contribution in [2.75, 3.05) is 5.32 Å². The van der Waals surface area contributed by atoms with Gasteiger partial charge in [0, 0.05) is 30.5 Å². The van der Waals surface area contributed by atoms with E-state index >= 15 is 0 Å². The Hall–Kier alpha value is -2.45. The van der Waals surface area contributed by atoms with Crippen LogP contribution in [0, 0.1) is 0 Å². The molecular weight excluding hydrogens is 408 g/mol. The molecule has 2 fully saturated rings. The van der Waals surface area contributed by atoms with E-state index in [1.165, 1.54) is 18.7 Å². The summed E-state index contributed by atoms with van der Waals surface area (Å²) in [6.07, 6.45) is 4.45. The van der Waals surface area contributed by atoms with Gasteiger partial charge in [-0.05, 0) is 55.6 Å². The Kier molecular flexibility index (Phi) is 4.75. The maximum absolute atomic E-state index is 11.5. The molecule has 0 aliphatic heterocycles. The molecule has 2 aliphatic rings. The topological polar surface area (TPSA) is 85.6 Å². The first-order valence-electron chi connectivity index (χ1n) is 9.62. The summed E-state index contributed by atoms with van der Waals surface area (Å²) in [5.41, 5.74) is 1.65. The minimum Gasteiger partial charge on any atom is -0.326 e. The molecule has 0 saturated heterocycles. The van der Waals surface area contributed by atoms with Crippen molar-refractivity contribution in [1.29, 1.82) is 0 Å². The number of aromatic nitrogens is 5. The van der Waals surface area contributed by atoms with Gasteiger partial charge in [0.2, 0.25) is 11.1 Å². The molecule has 0 bridgehead atoms. The van der Waals surface area contributed by atoms with Crippen molar-refractivity contribution in [2.24, 2.45) is 0 Å². The van der Waals surface area contributed by atoms with Crippen LogP contribution in [0.1, 0.15) is 56.1 Å². The number of nitrogens with one attached hydrogen (secondary N) is 1. The van der Waals surface area contributed by atoms with Crippen molar-refractivity contribution in [2.45, 2.75) is 54.6 Å². The van der Waals surface area contributed by atoms with Gasteiger partial charge >= 0.3 is 0 Å². The Morgan fingerprint density at radius 3 is 2.66 bits per heavy atom. The highest BCUT2D eigenvalue weighted by Crippen LogP contribution is 2.43. The van der Waals surface area contributed by atoms with E-state index < -0.39 is 0 Å². The van der Waals surface area contributed by atoms with Crippen LogP contribution in [-0.2, 0) is 4.79 Å². The summed E-state index contributed by atoms with van der Waals surface area (Å²) in [6, 6.07) is 9.47. The SMILES string of the molecule is CC(=O)Nc1cccc(-n2c(Sc3cc(Cl)nc(C4CC4)n3)nnc2C2CC2)c1. The van der Waals surface area contributed by atoms with Crippen LogP contribution in [0.5, 0.6) is 0 Å². The van der Waals surface area contributed by atoms with E-state index in [1.807, 2.05) is 24.3 Å². The van der Waals surface area contributed by atoms with Gasteiger partial charge in [-0.25, -0.2) is 9.97 Å². The van der Waals surface area contributed by atoms with Crippen LogP contribution >= 0.6 is 23.4 Å². The molecule has 29 heavy (non-hydrogen) atoms. The molecule has 148 valence electrons. The molecule has 0 unspecified atom stereocenters. The van der Waals surface area contributed by atoms with E-state index in [-0.39, 0.29) is 5.91 Å². The number of anilines is 1. The van der Waals surface area contributed by atoms with Gasteiger partial charge in [-0.1, -0.05) is 17.7 Å². The van der Waals surface area contributed by atoms with Crippen molar-refractivity contribution in [3.63, 3.8) is 0 Å². The Morgan fingerprint density at radius 2 is 1.93 bits per heavy atom. The van der Waals surface area contributed by atoms with Crippen molar-refractivity contribution in [3.05, 3.63) is 47.1 Å². The van der Waals surface area contributed by atoms with Gasteiger partial charge in [0.15, 0.2) is 0 Å². The third-order valence-electron chi connectivity index (χ3n) is 4.85. The van der Waals surface area contributed by atoms with Crippen LogP contribution in [0.15, 0.2) is 40.5 Å². The van der Waals surface area contributed by atoms with Gasteiger partial charge < -0.3 is 5.32 Å². The molecule has 7 nitrogen and oxygen atoms in total. The average Bonchev–Trinajstić information content (AvgIpc) is 3.59. The van der Waals surface area contributed by atoms with Crippen molar-refractivity contribution >= 4 is 35.0 Å². The lowest BCUT2D eigenvalue weighted by Crippen LogP contribution is -2.07. The van der Waals surface area contributed by atoms with Crippen molar-refractivity contribution in [3.8, 4) is 5.69 Å². The molecule has 2 heterocycles. The molecule has 3 aromatic rings. The fourth-order valence-corrected chi connectivity index (χ4v) is 4.33. The van der Waals surface area contributed by atoms with Crippen LogP contribution in [0.3, 0.4) is 0 Å². The molecule has 1 amide bonds. The molecule has 9 heteroatoms. The summed E-state index contributed by atoms with van der Waals surface area (Å²) in [5, 5.41) is 13.7. The Balaban J connectivity index is 1.53. The first kappa shape index (κ1) is 18.6. The van der Waals surface area contributed by atoms with Crippen LogP contribution in [0.4, 0.5) is 5.69 Å². The second-order valence-corrected chi connectivity index (χ2v) is 8.82. The minimum absolute atomic E-state index is 0.105. The second-order valence-electron chi connectivity index (χ2n) is 7.45. The molecule has 5 rings (SSSR count). The number of nitrogens with zero attached hydrogens (tertiary/aromatic N) is 5. The zero-order valence-electron chi connectivity index (χ0n) is 15.8. The first-order valence-corrected chi connectivity index (χ1v) is 10.8. The quantitative estimate of drug-likeness (QED) is 0.581. The van der Waals surface area contributed by atoms with Crippen LogP contribution < -0.4 is 5.32 Å². The molecule has 2 aliphatic carbocycles. The number of halogens is 1. The molecular formula is C20H19ClN6OS. The average molecular weight is 427 g/mol. The monoisotopic (exact) mass is 426 g/mol. The van der Waals surface area contributed by atoms with E-state index in [4.69, 9.17) is 11.6 Å². The number of carbonyl (C=O) groups is 1. The lowest BCUT2D eigenvalue weighted by atomic mass is 10.2. The predicted molar refractivity (Wildman–Crippen MR) is 111 cm³/mol. The maximum atomic E-state index is 11.5. The predicted octanol–water partition coefficient (Wildman–Crippen LogP) is 4.58. The summed E-state index contributed by atoms with van der Waals surface area (Å²) >= 11 is 7.67. The van der Waals surface area contributed by atoms with E-state index in [0.29, 0.717) is 17.0 Å². The summed E-state index contributed by atoms with van der Waals surface area (Å²) in [4.78, 5) is 20.5. The Bertz CT molecular complexity index is 1090. The van der Waals surface area contributed by atoms with Crippen molar-refractivity contribution < 1.29 is 4.79 Å². The zero-order chi connectivity index (χ0) is 20.0. The highest BCUT2D eigenvalue weighted by molar-refractivity contribution is 7.99. The smallest absolute Gasteiger partial charge is 0.221 e. The lowest BCUT2D eigenvalue weighted by Gasteiger charge is -2.12. The van der Waals surface area contributed by atoms with Gasteiger partial charge in [0.25, 0.3) is 0 Å². The number of hydrogen-bond donors (Lipinski definition) is 1. The highest BCUT2D eigenvalue weighted by Gasteiger charge is 2.32. The van der Waals surface area contributed by atoms with Gasteiger partial charge in [-0.15, -0.1) is 10.2 Å². The number of benzene rings is 1. The Morgan fingerprint density at radius 1 is 1.14 bits per heavy atom. The van der Waals surface area contributed by atoms with Crippen molar-refractivity contribution in [1.82, 2.24) is 24.7 Å². The highest BCUT2D eigenvalue weighted by atomic mass is 35.5. The number of amides is 1. The third-order valence-corrected chi connectivity index (χ3v) is 5.91. The van der Waals surface area contributed by atoms with E-state index in [0.717, 1.165) is 58.9 Å². The second kappa shape index (κ2) is 7.42. The molecule has 1 N–H and O–H groups in total. The molecule has 0 atom stereocenters. The minimum atomic E-state index is -0.105. The third kappa shape index (κ3) is 4.13. The van der Waals surface area contributed by atoms with Crippen LogP contribution in [0.2, 0.25) is 5.15 Å². The maximum Gasteiger partial charge on any atom is 0.221 e. The zero-order valence-corrected chi connectivity index (χ0v) is 17.4. The summed E-state index contributed by atoms with van der Waals surface area (Å²) < 4.78 is 2.06. The molecule has 0 radical (unpaired) electrons. The first-order chi connectivity index (χ1) is 14.1. The summed E-state index contributed by atoms with van der Waals surface area (Å²) in [5.74, 6) is 2.47.